The molecule has 4 rings (SSSR count). The first-order valence-electron chi connectivity index (χ1n) is 7.99. The van der Waals surface area contributed by atoms with E-state index in [0.717, 1.165) is 42.2 Å². The van der Waals surface area contributed by atoms with Crippen molar-refractivity contribution < 1.29 is 4.52 Å². The Morgan fingerprint density at radius 1 is 1.17 bits per heavy atom. The van der Waals surface area contributed by atoms with Crippen LogP contribution in [0.1, 0.15) is 23.8 Å². The average Bonchev–Trinajstić information content (AvgIpc) is 3.27. The summed E-state index contributed by atoms with van der Waals surface area (Å²) in [6, 6.07) is 11.7. The summed E-state index contributed by atoms with van der Waals surface area (Å²) in [5, 5.41) is 4.92. The van der Waals surface area contributed by atoms with Gasteiger partial charge in [0.15, 0.2) is 0 Å². The quantitative estimate of drug-likeness (QED) is 0.723. The van der Waals surface area contributed by atoms with Crippen LogP contribution in [0.5, 0.6) is 0 Å². The van der Waals surface area contributed by atoms with Crippen molar-refractivity contribution in [3.63, 3.8) is 0 Å². The number of hydrogen-bond donors (Lipinski definition) is 0. The molecule has 0 saturated carbocycles. The highest BCUT2D eigenvalue weighted by Crippen LogP contribution is 2.29. The van der Waals surface area contributed by atoms with Crippen molar-refractivity contribution in [1.29, 1.82) is 0 Å². The molecule has 1 unspecified atom stereocenters. The van der Waals surface area contributed by atoms with E-state index < -0.39 is 0 Å². The first-order valence-corrected chi connectivity index (χ1v) is 8.37. The molecule has 1 fully saturated rings. The van der Waals surface area contributed by atoms with Crippen LogP contribution in [0.2, 0.25) is 5.02 Å². The van der Waals surface area contributed by atoms with E-state index in [1.54, 1.807) is 12.4 Å². The highest BCUT2D eigenvalue weighted by molar-refractivity contribution is 6.31. The smallest absolute Gasteiger partial charge is 0.231 e. The highest BCUT2D eigenvalue weighted by atomic mass is 35.5. The largest absolute Gasteiger partial charge is 0.339 e. The fourth-order valence-electron chi connectivity index (χ4n) is 3.06. The van der Waals surface area contributed by atoms with Gasteiger partial charge < -0.3 is 4.52 Å². The Kier molecular flexibility index (Phi) is 4.28. The van der Waals surface area contributed by atoms with E-state index in [9.17, 15) is 0 Å². The maximum Gasteiger partial charge on any atom is 0.231 e. The van der Waals surface area contributed by atoms with Gasteiger partial charge >= 0.3 is 0 Å². The van der Waals surface area contributed by atoms with Gasteiger partial charge in [-0.3, -0.25) is 9.88 Å². The van der Waals surface area contributed by atoms with Crippen LogP contribution in [-0.2, 0) is 6.54 Å². The Balaban J connectivity index is 1.44. The van der Waals surface area contributed by atoms with Crippen LogP contribution >= 0.6 is 11.6 Å². The molecule has 3 heterocycles. The van der Waals surface area contributed by atoms with Crippen LogP contribution < -0.4 is 0 Å². The van der Waals surface area contributed by atoms with Crippen molar-refractivity contribution in [3.05, 3.63) is 65.3 Å². The molecule has 6 heteroatoms. The zero-order chi connectivity index (χ0) is 16.4. The molecule has 1 aliphatic rings. The fraction of sp³-hybridized carbons (Fsp3) is 0.278. The van der Waals surface area contributed by atoms with Crippen LogP contribution in [0.15, 0.2) is 53.3 Å². The predicted octanol–water partition coefficient (Wildman–Crippen LogP) is 3.77. The molecule has 0 spiro atoms. The average molecular weight is 341 g/mol. The first kappa shape index (κ1) is 15.3. The van der Waals surface area contributed by atoms with Crippen molar-refractivity contribution in [2.45, 2.75) is 18.9 Å². The molecule has 122 valence electrons. The van der Waals surface area contributed by atoms with Crippen LogP contribution in [0.3, 0.4) is 0 Å². The summed E-state index contributed by atoms with van der Waals surface area (Å²) in [6.45, 7) is 2.76. The lowest BCUT2D eigenvalue weighted by Crippen LogP contribution is -2.20. The summed E-state index contributed by atoms with van der Waals surface area (Å²) in [5.41, 5.74) is 2.08. The molecular weight excluding hydrogens is 324 g/mol. The molecule has 5 nitrogen and oxygen atoms in total. The molecule has 24 heavy (non-hydrogen) atoms. The second kappa shape index (κ2) is 6.71. The van der Waals surface area contributed by atoms with Crippen LogP contribution in [0.25, 0.3) is 11.4 Å². The molecule has 0 amide bonds. The maximum absolute atomic E-state index is 6.25. The van der Waals surface area contributed by atoms with Crippen LogP contribution in [0, 0.1) is 0 Å². The molecule has 3 aromatic rings. The van der Waals surface area contributed by atoms with E-state index in [0.29, 0.717) is 11.7 Å². The number of aromatic nitrogens is 3. The summed E-state index contributed by atoms with van der Waals surface area (Å²) in [6.07, 6.45) is 4.47. The predicted molar refractivity (Wildman–Crippen MR) is 91.6 cm³/mol. The summed E-state index contributed by atoms with van der Waals surface area (Å²) in [5.74, 6) is 1.61. The van der Waals surface area contributed by atoms with Gasteiger partial charge in [0.25, 0.3) is 0 Å². The lowest BCUT2D eigenvalue weighted by atomic mass is 10.1. The van der Waals surface area contributed by atoms with Crippen LogP contribution in [0.4, 0.5) is 0 Å². The standard InChI is InChI=1S/C18H17ClN4O/c19-16-4-2-1-3-14(16)11-23-10-7-15(12-23)18-21-17(22-24-18)13-5-8-20-9-6-13/h1-6,8-9,15H,7,10-12H2. The second-order valence-electron chi connectivity index (χ2n) is 6.00. The molecule has 1 atom stereocenters. The van der Waals surface area contributed by atoms with E-state index in [4.69, 9.17) is 16.1 Å². The molecule has 0 aliphatic carbocycles. The fourth-order valence-corrected chi connectivity index (χ4v) is 3.26. The number of benzene rings is 1. The van der Waals surface area contributed by atoms with Gasteiger partial charge in [0, 0.05) is 36.1 Å². The van der Waals surface area contributed by atoms with Gasteiger partial charge in [-0.05, 0) is 36.7 Å². The van der Waals surface area contributed by atoms with Crippen molar-refractivity contribution in [3.8, 4) is 11.4 Å². The molecule has 0 bridgehead atoms. The van der Waals surface area contributed by atoms with Gasteiger partial charge in [-0.2, -0.15) is 4.98 Å². The van der Waals surface area contributed by atoms with Gasteiger partial charge in [-0.25, -0.2) is 0 Å². The minimum atomic E-state index is 0.274. The third-order valence-electron chi connectivity index (χ3n) is 4.35. The lowest BCUT2D eigenvalue weighted by Gasteiger charge is -2.16. The number of nitrogens with zero attached hydrogens (tertiary/aromatic N) is 4. The zero-order valence-corrected chi connectivity index (χ0v) is 13.9. The van der Waals surface area contributed by atoms with Crippen LogP contribution in [-0.4, -0.2) is 33.1 Å². The molecule has 1 saturated heterocycles. The van der Waals surface area contributed by atoms with Crippen molar-refractivity contribution in [2.75, 3.05) is 13.1 Å². The minimum absolute atomic E-state index is 0.274. The highest BCUT2D eigenvalue weighted by Gasteiger charge is 2.28. The van der Waals surface area contributed by atoms with Crippen molar-refractivity contribution in [2.24, 2.45) is 0 Å². The number of halogens is 1. The Morgan fingerprint density at radius 3 is 2.83 bits per heavy atom. The number of likely N-dealkylation sites (tertiary alicyclic amines) is 1. The van der Waals surface area contributed by atoms with Crippen molar-refractivity contribution >= 4 is 11.6 Å². The molecule has 0 radical (unpaired) electrons. The normalized spacial score (nSPS) is 18.1. The summed E-state index contributed by atoms with van der Waals surface area (Å²) >= 11 is 6.25. The Hall–Kier alpha value is -2.24. The third-order valence-corrected chi connectivity index (χ3v) is 4.72. The third kappa shape index (κ3) is 3.18. The monoisotopic (exact) mass is 340 g/mol. The Labute approximate surface area is 145 Å². The molecule has 1 aliphatic heterocycles. The number of rotatable bonds is 4. The van der Waals surface area contributed by atoms with Crippen molar-refractivity contribution in [1.82, 2.24) is 20.0 Å². The minimum Gasteiger partial charge on any atom is -0.339 e. The maximum atomic E-state index is 6.25. The van der Waals surface area contributed by atoms with Gasteiger partial charge in [-0.1, -0.05) is 35.0 Å². The topological polar surface area (TPSA) is 55.1 Å². The zero-order valence-electron chi connectivity index (χ0n) is 13.1. The van der Waals surface area contributed by atoms with Gasteiger partial charge in [0.1, 0.15) is 0 Å². The molecule has 2 aromatic heterocycles. The lowest BCUT2D eigenvalue weighted by molar-refractivity contribution is 0.309. The van der Waals surface area contributed by atoms with E-state index >= 15 is 0 Å². The van der Waals surface area contributed by atoms with Gasteiger partial charge in [-0.15, -0.1) is 0 Å². The number of pyridine rings is 1. The van der Waals surface area contributed by atoms with E-state index in [1.807, 2.05) is 30.3 Å². The Morgan fingerprint density at radius 2 is 2.00 bits per heavy atom. The number of hydrogen-bond acceptors (Lipinski definition) is 5. The molecular formula is C18H17ClN4O. The molecule has 0 N–H and O–H groups in total. The van der Waals surface area contributed by atoms with Gasteiger partial charge in [0.2, 0.25) is 11.7 Å². The van der Waals surface area contributed by atoms with E-state index in [2.05, 4.69) is 26.1 Å². The van der Waals surface area contributed by atoms with E-state index in [1.165, 1.54) is 0 Å². The summed E-state index contributed by atoms with van der Waals surface area (Å²) < 4.78 is 5.49. The first-order chi connectivity index (χ1) is 11.8. The van der Waals surface area contributed by atoms with E-state index in [-0.39, 0.29) is 5.92 Å². The summed E-state index contributed by atoms with van der Waals surface area (Å²) in [4.78, 5) is 10.9. The Bertz CT molecular complexity index is 821. The SMILES string of the molecule is Clc1ccccc1CN1CCC(c2nc(-c3ccncc3)no2)C1. The summed E-state index contributed by atoms with van der Waals surface area (Å²) in [7, 11) is 0. The van der Waals surface area contributed by atoms with Gasteiger partial charge in [0.05, 0.1) is 5.92 Å². The second-order valence-corrected chi connectivity index (χ2v) is 6.41. The molecule has 1 aromatic carbocycles.